The number of amides is 1. The molecule has 1 heterocycles. The van der Waals surface area contributed by atoms with Crippen LogP contribution in [0, 0.1) is 6.92 Å². The summed E-state index contributed by atoms with van der Waals surface area (Å²) in [7, 11) is 0. The summed E-state index contributed by atoms with van der Waals surface area (Å²) >= 11 is 1.40. The van der Waals surface area contributed by atoms with Gasteiger partial charge in [-0.05, 0) is 17.9 Å². The van der Waals surface area contributed by atoms with Crippen LogP contribution in [-0.2, 0) is 4.79 Å². The molecule has 6 heteroatoms. The topological polar surface area (TPSA) is 86.6 Å². The lowest BCUT2D eigenvalue weighted by atomic mass is 10.2. The lowest BCUT2D eigenvalue weighted by Gasteiger charge is -2.07. The van der Waals surface area contributed by atoms with Crippen LogP contribution in [0.25, 0.3) is 0 Å². The number of carboxylic acid groups (broad SMARTS) is 1. The van der Waals surface area contributed by atoms with Crippen LogP contribution in [0.1, 0.15) is 15.9 Å². The lowest BCUT2D eigenvalue weighted by molar-refractivity contribution is -0.146. The van der Waals surface area contributed by atoms with Crippen molar-refractivity contribution in [2.24, 2.45) is 0 Å². The van der Waals surface area contributed by atoms with Crippen LogP contribution in [0.5, 0.6) is 0 Å². The van der Waals surface area contributed by atoms with Crippen LogP contribution in [-0.4, -0.2) is 34.7 Å². The van der Waals surface area contributed by atoms with Gasteiger partial charge in [0, 0.05) is 5.38 Å². The highest BCUT2D eigenvalue weighted by Crippen LogP contribution is 2.12. The van der Waals surface area contributed by atoms with Gasteiger partial charge in [-0.1, -0.05) is 0 Å². The maximum atomic E-state index is 11.4. The summed E-state index contributed by atoms with van der Waals surface area (Å²) in [4.78, 5) is 21.7. The smallest absolute Gasteiger partial charge is 0.334 e. The van der Waals surface area contributed by atoms with E-state index in [1.807, 2.05) is 5.38 Å². The van der Waals surface area contributed by atoms with E-state index in [9.17, 15) is 9.59 Å². The van der Waals surface area contributed by atoms with Crippen molar-refractivity contribution in [2.45, 2.75) is 13.0 Å². The van der Waals surface area contributed by atoms with Crippen molar-refractivity contribution in [1.29, 1.82) is 0 Å². The number of thiophene rings is 1. The molecule has 0 aromatic carbocycles. The molecule has 1 amide bonds. The van der Waals surface area contributed by atoms with Gasteiger partial charge in [0.05, 0.1) is 12.1 Å². The van der Waals surface area contributed by atoms with Gasteiger partial charge >= 0.3 is 5.97 Å². The minimum Gasteiger partial charge on any atom is -0.479 e. The van der Waals surface area contributed by atoms with Crippen LogP contribution >= 0.6 is 11.3 Å². The lowest BCUT2D eigenvalue weighted by Crippen LogP contribution is -2.36. The fourth-order valence-electron chi connectivity index (χ4n) is 0.965. The Balaban J connectivity index is 2.51. The first-order valence-electron chi connectivity index (χ1n) is 4.24. The van der Waals surface area contributed by atoms with Gasteiger partial charge in [-0.2, -0.15) is 11.3 Å². The summed E-state index contributed by atoms with van der Waals surface area (Å²) in [6, 6.07) is 0. The van der Waals surface area contributed by atoms with Crippen molar-refractivity contribution in [3.63, 3.8) is 0 Å². The molecule has 0 aliphatic heterocycles. The van der Waals surface area contributed by atoms with E-state index in [4.69, 9.17) is 10.2 Å². The van der Waals surface area contributed by atoms with Crippen LogP contribution in [0.15, 0.2) is 10.8 Å². The van der Waals surface area contributed by atoms with Crippen molar-refractivity contribution in [1.82, 2.24) is 5.32 Å². The van der Waals surface area contributed by atoms with Crippen molar-refractivity contribution in [2.75, 3.05) is 6.54 Å². The molecular weight excluding hydrogens is 218 g/mol. The Morgan fingerprint density at radius 2 is 2.20 bits per heavy atom. The van der Waals surface area contributed by atoms with Crippen LogP contribution < -0.4 is 5.32 Å². The number of aliphatic hydroxyl groups excluding tert-OH is 1. The van der Waals surface area contributed by atoms with E-state index in [0.29, 0.717) is 5.56 Å². The first kappa shape index (κ1) is 11.7. The Kier molecular flexibility index (Phi) is 3.81. The van der Waals surface area contributed by atoms with Crippen molar-refractivity contribution in [3.05, 3.63) is 21.9 Å². The molecule has 0 radical (unpaired) electrons. The number of carboxylic acids is 1. The van der Waals surface area contributed by atoms with Gasteiger partial charge in [-0.25, -0.2) is 4.79 Å². The summed E-state index contributed by atoms with van der Waals surface area (Å²) < 4.78 is 0. The third kappa shape index (κ3) is 3.03. The average Bonchev–Trinajstić information content (AvgIpc) is 2.60. The summed E-state index contributed by atoms with van der Waals surface area (Å²) in [6.07, 6.45) is -1.56. The quantitative estimate of drug-likeness (QED) is 0.690. The third-order valence-corrected chi connectivity index (χ3v) is 2.70. The molecule has 1 atom stereocenters. The fourth-order valence-corrected chi connectivity index (χ4v) is 1.79. The molecule has 82 valence electrons. The van der Waals surface area contributed by atoms with Gasteiger partial charge in [0.25, 0.3) is 5.91 Å². The Bertz CT molecular complexity index is 374. The standard InChI is InChI=1S/C9H11NO4S/c1-5-3-15-4-6(5)8(12)10-2-7(11)9(13)14/h3-4,7,11H,2H2,1H3,(H,10,12)(H,13,14). The van der Waals surface area contributed by atoms with E-state index in [-0.39, 0.29) is 12.5 Å². The molecule has 0 aliphatic carbocycles. The van der Waals surface area contributed by atoms with Gasteiger partial charge < -0.3 is 15.5 Å². The fraction of sp³-hybridized carbons (Fsp3) is 0.333. The molecule has 0 aliphatic rings. The molecule has 0 spiro atoms. The third-order valence-electron chi connectivity index (χ3n) is 1.84. The molecule has 5 nitrogen and oxygen atoms in total. The molecule has 1 unspecified atom stereocenters. The molecule has 15 heavy (non-hydrogen) atoms. The maximum Gasteiger partial charge on any atom is 0.334 e. The van der Waals surface area contributed by atoms with Gasteiger partial charge in [0.15, 0.2) is 6.10 Å². The Labute approximate surface area is 90.4 Å². The Morgan fingerprint density at radius 3 is 2.67 bits per heavy atom. The van der Waals surface area contributed by atoms with E-state index in [2.05, 4.69) is 5.32 Å². The molecule has 1 aromatic rings. The highest BCUT2D eigenvalue weighted by molar-refractivity contribution is 7.08. The van der Waals surface area contributed by atoms with Crippen LogP contribution in [0.2, 0.25) is 0 Å². The SMILES string of the molecule is Cc1cscc1C(=O)NCC(O)C(=O)O. The predicted octanol–water partition coefficient (Wildman–Crippen LogP) is 0.232. The molecule has 3 N–H and O–H groups in total. The molecule has 1 rings (SSSR count). The first-order valence-corrected chi connectivity index (χ1v) is 5.18. The average molecular weight is 229 g/mol. The van der Waals surface area contributed by atoms with Gasteiger partial charge in [0.2, 0.25) is 0 Å². The molecule has 0 fully saturated rings. The number of carbonyl (C=O) groups excluding carboxylic acids is 1. The van der Waals surface area contributed by atoms with Crippen LogP contribution in [0.3, 0.4) is 0 Å². The minimum atomic E-state index is -1.56. The number of nitrogens with one attached hydrogen (secondary N) is 1. The minimum absolute atomic E-state index is 0.288. The van der Waals surface area contributed by atoms with Crippen LogP contribution in [0.4, 0.5) is 0 Å². The summed E-state index contributed by atoms with van der Waals surface area (Å²) in [5.41, 5.74) is 1.35. The van der Waals surface area contributed by atoms with Gasteiger partial charge in [-0.3, -0.25) is 4.79 Å². The highest BCUT2D eigenvalue weighted by atomic mass is 32.1. The summed E-state index contributed by atoms with van der Waals surface area (Å²) in [5, 5.41) is 23.2. The normalized spacial score (nSPS) is 12.1. The zero-order valence-electron chi connectivity index (χ0n) is 8.06. The van der Waals surface area contributed by atoms with Gasteiger partial charge in [0.1, 0.15) is 0 Å². The molecular formula is C9H11NO4S. The Hall–Kier alpha value is -1.40. The van der Waals surface area contributed by atoms with Crippen molar-refractivity contribution < 1.29 is 19.8 Å². The van der Waals surface area contributed by atoms with Crippen molar-refractivity contribution in [3.8, 4) is 0 Å². The first-order chi connectivity index (χ1) is 7.02. The number of hydrogen-bond donors (Lipinski definition) is 3. The molecule has 0 bridgehead atoms. The second-order valence-corrected chi connectivity index (χ2v) is 3.78. The number of aryl methyl sites for hydroxylation is 1. The monoisotopic (exact) mass is 229 g/mol. The summed E-state index contributed by atoms with van der Waals surface area (Å²) in [6.45, 7) is 1.50. The zero-order valence-corrected chi connectivity index (χ0v) is 8.87. The van der Waals surface area contributed by atoms with Gasteiger partial charge in [-0.15, -0.1) is 0 Å². The number of aliphatic hydroxyl groups is 1. The second-order valence-electron chi connectivity index (χ2n) is 3.03. The molecule has 0 saturated carbocycles. The number of hydrogen-bond acceptors (Lipinski definition) is 4. The largest absolute Gasteiger partial charge is 0.479 e. The Morgan fingerprint density at radius 1 is 1.53 bits per heavy atom. The van der Waals surface area contributed by atoms with E-state index in [1.165, 1.54) is 11.3 Å². The number of rotatable bonds is 4. The number of aliphatic carboxylic acids is 1. The predicted molar refractivity (Wildman–Crippen MR) is 55.0 cm³/mol. The number of carbonyl (C=O) groups is 2. The molecule has 0 saturated heterocycles. The molecule has 1 aromatic heterocycles. The summed E-state index contributed by atoms with van der Waals surface area (Å²) in [5.74, 6) is -1.72. The van der Waals surface area contributed by atoms with E-state index < -0.39 is 12.1 Å². The maximum absolute atomic E-state index is 11.4. The van der Waals surface area contributed by atoms with E-state index >= 15 is 0 Å². The highest BCUT2D eigenvalue weighted by Gasteiger charge is 2.15. The van der Waals surface area contributed by atoms with Crippen molar-refractivity contribution >= 4 is 23.2 Å². The zero-order chi connectivity index (χ0) is 11.4. The van der Waals surface area contributed by atoms with E-state index in [0.717, 1.165) is 5.56 Å². The second kappa shape index (κ2) is 4.90. The van der Waals surface area contributed by atoms with E-state index in [1.54, 1.807) is 12.3 Å².